The normalized spacial score (nSPS) is 29.3. The minimum absolute atomic E-state index is 0.0447. The van der Waals surface area contributed by atoms with E-state index in [0.29, 0.717) is 12.8 Å². The average molecular weight is 275 g/mol. The van der Waals surface area contributed by atoms with Crippen molar-refractivity contribution in [2.45, 2.75) is 70.0 Å². The van der Waals surface area contributed by atoms with Gasteiger partial charge in [0.2, 0.25) is 0 Å². The van der Waals surface area contributed by atoms with Crippen LogP contribution in [0, 0.1) is 0 Å². The van der Waals surface area contributed by atoms with E-state index in [2.05, 4.69) is 39.2 Å². The molecule has 1 fully saturated rings. The maximum absolute atomic E-state index is 10.7. The second kappa shape index (κ2) is 5.18. The van der Waals surface area contributed by atoms with E-state index in [0.717, 1.165) is 0 Å². The highest BCUT2D eigenvalue weighted by molar-refractivity contribution is 6.74. The van der Waals surface area contributed by atoms with E-state index in [1.54, 1.807) is 0 Å². The Balaban J connectivity index is 2.76. The van der Waals surface area contributed by atoms with Crippen LogP contribution in [-0.2, 0) is 4.43 Å². The molecule has 0 spiro atoms. The van der Waals surface area contributed by atoms with Crippen molar-refractivity contribution in [3.63, 3.8) is 0 Å². The molecule has 5 nitrogen and oxygen atoms in total. The Kier molecular flexibility index (Phi) is 4.45. The van der Waals surface area contributed by atoms with Gasteiger partial charge < -0.3 is 20.0 Å². The molecule has 3 atom stereocenters. The van der Waals surface area contributed by atoms with Crippen LogP contribution in [0.2, 0.25) is 18.1 Å². The van der Waals surface area contributed by atoms with Crippen LogP contribution in [0.1, 0.15) is 33.6 Å². The summed E-state index contributed by atoms with van der Waals surface area (Å²) in [7, 11) is -2.00. The minimum Gasteiger partial charge on any atom is -0.465 e. The molecule has 0 aromatic carbocycles. The summed E-state index contributed by atoms with van der Waals surface area (Å²) in [6.45, 7) is 10.6. The van der Waals surface area contributed by atoms with Gasteiger partial charge in [-0.05, 0) is 31.0 Å². The first-order chi connectivity index (χ1) is 8.04. The fourth-order valence-corrected chi connectivity index (χ4v) is 3.29. The second-order valence-corrected chi connectivity index (χ2v) is 11.3. The van der Waals surface area contributed by atoms with Crippen molar-refractivity contribution in [2.24, 2.45) is 0 Å². The molecular formula is C12H25NO4Si. The van der Waals surface area contributed by atoms with E-state index in [9.17, 15) is 9.90 Å². The summed E-state index contributed by atoms with van der Waals surface area (Å²) < 4.78 is 6.15. The van der Waals surface area contributed by atoms with Crippen molar-refractivity contribution >= 4 is 14.4 Å². The van der Waals surface area contributed by atoms with Crippen LogP contribution in [0.5, 0.6) is 0 Å². The minimum atomic E-state index is -2.00. The maximum Gasteiger partial charge on any atom is 0.404 e. The van der Waals surface area contributed by atoms with Crippen molar-refractivity contribution in [3.8, 4) is 0 Å². The number of carbonyl (C=O) groups is 1. The van der Waals surface area contributed by atoms with Gasteiger partial charge in [0.15, 0.2) is 8.32 Å². The van der Waals surface area contributed by atoms with Crippen LogP contribution in [0.25, 0.3) is 0 Å². The number of carboxylic acid groups (broad SMARTS) is 1. The summed E-state index contributed by atoms with van der Waals surface area (Å²) in [5.41, 5.74) is 0. The molecule has 6 heteroatoms. The fraction of sp³-hybridized carbons (Fsp3) is 0.917. The highest BCUT2D eigenvalue weighted by Gasteiger charge is 2.45. The van der Waals surface area contributed by atoms with Crippen LogP contribution >= 0.6 is 0 Å². The molecule has 0 radical (unpaired) electrons. The molecule has 0 aromatic heterocycles. The smallest absolute Gasteiger partial charge is 0.404 e. The maximum atomic E-state index is 10.7. The van der Waals surface area contributed by atoms with Crippen molar-refractivity contribution in [1.29, 1.82) is 0 Å². The van der Waals surface area contributed by atoms with Crippen molar-refractivity contribution < 1.29 is 19.4 Å². The number of hydrogen-bond acceptors (Lipinski definition) is 3. The van der Waals surface area contributed by atoms with Gasteiger partial charge in [-0.2, -0.15) is 0 Å². The number of aliphatic hydroxyl groups excluding tert-OH is 1. The highest BCUT2D eigenvalue weighted by atomic mass is 28.4. The first-order valence-corrected chi connectivity index (χ1v) is 9.31. The molecule has 1 saturated carbocycles. The van der Waals surface area contributed by atoms with E-state index < -0.39 is 26.6 Å². The van der Waals surface area contributed by atoms with Gasteiger partial charge in [-0.15, -0.1) is 0 Å². The first-order valence-electron chi connectivity index (χ1n) is 6.40. The molecular weight excluding hydrogens is 250 g/mol. The van der Waals surface area contributed by atoms with Gasteiger partial charge in [0, 0.05) is 0 Å². The monoisotopic (exact) mass is 275 g/mol. The zero-order chi connectivity index (χ0) is 14.1. The van der Waals surface area contributed by atoms with E-state index in [1.807, 2.05) is 0 Å². The summed E-state index contributed by atoms with van der Waals surface area (Å²) in [5.74, 6) is 0. The Morgan fingerprint density at radius 1 is 1.33 bits per heavy atom. The number of nitrogens with one attached hydrogen (secondary N) is 1. The lowest BCUT2D eigenvalue weighted by Crippen LogP contribution is -2.52. The van der Waals surface area contributed by atoms with Crippen LogP contribution in [0.15, 0.2) is 0 Å². The number of amides is 1. The quantitative estimate of drug-likeness (QED) is 0.690. The van der Waals surface area contributed by atoms with Gasteiger partial charge in [-0.1, -0.05) is 20.8 Å². The third kappa shape index (κ3) is 3.46. The molecule has 3 N–H and O–H groups in total. The Labute approximate surface area is 110 Å². The fourth-order valence-electron chi connectivity index (χ4n) is 1.94. The molecule has 0 saturated heterocycles. The molecule has 0 bridgehead atoms. The van der Waals surface area contributed by atoms with Gasteiger partial charge in [-0.25, -0.2) is 4.79 Å². The molecule has 18 heavy (non-hydrogen) atoms. The topological polar surface area (TPSA) is 78.8 Å². The lowest BCUT2D eigenvalue weighted by Gasteiger charge is -2.40. The first kappa shape index (κ1) is 15.5. The standard InChI is InChI=1S/C12H25NO4Si/c1-12(2,3)18(4,5)17-10-8(13-11(15)16)6-7-9(10)14/h8-10,13-14H,6-7H2,1-5H3,(H,15,16)/t8-,9+,10+/m1/s1. The van der Waals surface area contributed by atoms with Crippen molar-refractivity contribution in [2.75, 3.05) is 0 Å². The SMILES string of the molecule is CC(C)(C)[Si](C)(C)O[C@@H]1[C@@H](O)CC[C@H]1NC(=O)O. The van der Waals surface area contributed by atoms with Gasteiger partial charge in [0.1, 0.15) is 0 Å². The van der Waals surface area contributed by atoms with Crippen LogP contribution in [-0.4, -0.2) is 42.9 Å². The molecule has 1 aliphatic rings. The average Bonchev–Trinajstić information content (AvgIpc) is 2.46. The molecule has 1 aliphatic carbocycles. The highest BCUT2D eigenvalue weighted by Crippen LogP contribution is 2.39. The zero-order valence-electron chi connectivity index (χ0n) is 11.9. The third-order valence-electron chi connectivity index (χ3n) is 4.10. The third-order valence-corrected chi connectivity index (χ3v) is 8.57. The summed E-state index contributed by atoms with van der Waals surface area (Å²) >= 11 is 0. The Morgan fingerprint density at radius 2 is 1.89 bits per heavy atom. The van der Waals surface area contributed by atoms with E-state index >= 15 is 0 Å². The molecule has 1 rings (SSSR count). The van der Waals surface area contributed by atoms with Gasteiger partial charge in [-0.3, -0.25) is 0 Å². The molecule has 0 heterocycles. The van der Waals surface area contributed by atoms with Gasteiger partial charge in [0.05, 0.1) is 18.2 Å². The largest absolute Gasteiger partial charge is 0.465 e. The van der Waals surface area contributed by atoms with E-state index in [4.69, 9.17) is 9.53 Å². The van der Waals surface area contributed by atoms with Crippen molar-refractivity contribution in [1.82, 2.24) is 5.32 Å². The van der Waals surface area contributed by atoms with Crippen LogP contribution in [0.3, 0.4) is 0 Å². The number of aliphatic hydroxyl groups is 1. The molecule has 1 amide bonds. The van der Waals surface area contributed by atoms with Gasteiger partial charge >= 0.3 is 6.09 Å². The van der Waals surface area contributed by atoms with Crippen LogP contribution < -0.4 is 5.32 Å². The molecule has 0 unspecified atom stereocenters. The summed E-state index contributed by atoms with van der Waals surface area (Å²) in [4.78, 5) is 10.7. The predicted molar refractivity (Wildman–Crippen MR) is 72.3 cm³/mol. The van der Waals surface area contributed by atoms with Crippen molar-refractivity contribution in [3.05, 3.63) is 0 Å². The van der Waals surface area contributed by atoms with E-state index in [1.165, 1.54) is 0 Å². The summed E-state index contributed by atoms with van der Waals surface area (Å²) in [5, 5.41) is 21.3. The number of rotatable bonds is 3. The number of hydrogen-bond donors (Lipinski definition) is 3. The van der Waals surface area contributed by atoms with Crippen LogP contribution in [0.4, 0.5) is 4.79 Å². The summed E-state index contributed by atoms with van der Waals surface area (Å²) in [6.07, 6.45) is -0.826. The Bertz CT molecular complexity index is 314. The summed E-state index contributed by atoms with van der Waals surface area (Å²) in [6, 6.07) is -0.299. The zero-order valence-corrected chi connectivity index (χ0v) is 12.9. The predicted octanol–water partition coefficient (Wildman–Crippen LogP) is 2.17. The molecule has 0 aliphatic heterocycles. The molecule has 106 valence electrons. The Hall–Kier alpha value is -0.593. The van der Waals surface area contributed by atoms with Gasteiger partial charge in [0.25, 0.3) is 0 Å². The lowest BCUT2D eigenvalue weighted by atomic mass is 10.2. The Morgan fingerprint density at radius 3 is 2.33 bits per heavy atom. The lowest BCUT2D eigenvalue weighted by molar-refractivity contribution is 0.0384. The second-order valence-electron chi connectivity index (χ2n) is 6.54. The van der Waals surface area contributed by atoms with E-state index in [-0.39, 0.29) is 11.1 Å². The molecule has 0 aromatic rings.